The quantitative estimate of drug-likeness (QED) is 0.837. The Bertz CT molecular complexity index is 417. The molecule has 0 N–H and O–H groups in total. The summed E-state index contributed by atoms with van der Waals surface area (Å²) in [6, 6.07) is 7.41. The van der Waals surface area contributed by atoms with Crippen LogP contribution in [0.3, 0.4) is 0 Å². The van der Waals surface area contributed by atoms with Gasteiger partial charge < -0.3 is 9.47 Å². The third-order valence-corrected chi connectivity index (χ3v) is 4.12. The minimum Gasteiger partial charge on any atom is -0.349 e. The Morgan fingerprint density at radius 3 is 2.58 bits per heavy atom. The van der Waals surface area contributed by atoms with Crippen molar-refractivity contribution in [3.8, 4) is 0 Å². The van der Waals surface area contributed by atoms with Gasteiger partial charge in [-0.15, -0.1) is 0 Å². The molecule has 0 unspecified atom stereocenters. The molecule has 0 saturated carbocycles. The van der Waals surface area contributed by atoms with Gasteiger partial charge in [-0.2, -0.15) is 0 Å². The standard InChI is InChI=1S/C15H20FNO2/c1-11-8-13(12-2-4-14(16)5-3-12)9-17(11)10-15-18-6-7-19-15/h2-5,11,13,15H,6-10H2,1H3/t11-,13+/m0/s1. The maximum Gasteiger partial charge on any atom is 0.170 e. The normalized spacial score (nSPS) is 29.2. The third-order valence-electron chi connectivity index (χ3n) is 4.12. The summed E-state index contributed by atoms with van der Waals surface area (Å²) in [7, 11) is 0. The van der Waals surface area contributed by atoms with Gasteiger partial charge in [-0.3, -0.25) is 4.90 Å². The topological polar surface area (TPSA) is 21.7 Å². The van der Waals surface area contributed by atoms with E-state index in [2.05, 4.69) is 11.8 Å². The lowest BCUT2D eigenvalue weighted by Gasteiger charge is -2.23. The Morgan fingerprint density at radius 1 is 1.21 bits per heavy atom. The predicted octanol–water partition coefficient (Wildman–Crippen LogP) is 2.38. The third kappa shape index (κ3) is 2.96. The number of benzene rings is 1. The van der Waals surface area contributed by atoms with Crippen LogP contribution < -0.4 is 0 Å². The van der Waals surface area contributed by atoms with Gasteiger partial charge in [0.25, 0.3) is 0 Å². The van der Waals surface area contributed by atoms with Crippen molar-refractivity contribution in [1.29, 1.82) is 0 Å². The van der Waals surface area contributed by atoms with E-state index in [-0.39, 0.29) is 12.1 Å². The van der Waals surface area contributed by atoms with E-state index in [0.29, 0.717) is 25.2 Å². The van der Waals surface area contributed by atoms with E-state index >= 15 is 0 Å². The van der Waals surface area contributed by atoms with E-state index in [1.807, 2.05) is 12.1 Å². The van der Waals surface area contributed by atoms with Crippen LogP contribution in [0.15, 0.2) is 24.3 Å². The van der Waals surface area contributed by atoms with Crippen molar-refractivity contribution in [3.63, 3.8) is 0 Å². The SMILES string of the molecule is C[C@H]1C[C@@H](c2ccc(F)cc2)CN1CC1OCCO1. The molecule has 4 heteroatoms. The number of rotatable bonds is 3. The average Bonchev–Trinajstić information content (AvgIpc) is 3.02. The smallest absolute Gasteiger partial charge is 0.170 e. The summed E-state index contributed by atoms with van der Waals surface area (Å²) in [4.78, 5) is 2.41. The van der Waals surface area contributed by atoms with Gasteiger partial charge in [-0.1, -0.05) is 12.1 Å². The maximum atomic E-state index is 13.0. The van der Waals surface area contributed by atoms with Crippen LogP contribution >= 0.6 is 0 Å². The number of likely N-dealkylation sites (tertiary alicyclic amines) is 1. The van der Waals surface area contributed by atoms with Gasteiger partial charge in [-0.25, -0.2) is 4.39 Å². The molecule has 19 heavy (non-hydrogen) atoms. The summed E-state index contributed by atoms with van der Waals surface area (Å²) >= 11 is 0. The molecule has 1 aromatic rings. The molecule has 0 aliphatic carbocycles. The van der Waals surface area contributed by atoms with Crippen LogP contribution in [0, 0.1) is 5.82 Å². The van der Waals surface area contributed by atoms with E-state index in [1.165, 1.54) is 5.56 Å². The summed E-state index contributed by atoms with van der Waals surface area (Å²) in [5.41, 5.74) is 1.23. The molecule has 0 bridgehead atoms. The molecule has 0 amide bonds. The highest BCUT2D eigenvalue weighted by atomic mass is 19.1. The lowest BCUT2D eigenvalue weighted by Crippen LogP contribution is -2.35. The number of hydrogen-bond donors (Lipinski definition) is 0. The molecule has 3 nitrogen and oxygen atoms in total. The van der Waals surface area contributed by atoms with Crippen LogP contribution in [0.1, 0.15) is 24.8 Å². The van der Waals surface area contributed by atoms with Crippen molar-refractivity contribution >= 4 is 0 Å². The number of hydrogen-bond acceptors (Lipinski definition) is 3. The molecule has 3 rings (SSSR count). The Kier molecular flexibility index (Phi) is 3.82. The number of halogens is 1. The molecule has 2 fully saturated rings. The summed E-state index contributed by atoms with van der Waals surface area (Å²) in [5.74, 6) is 0.316. The molecule has 2 aliphatic rings. The maximum absolute atomic E-state index is 13.0. The van der Waals surface area contributed by atoms with Gasteiger partial charge in [0.2, 0.25) is 0 Å². The molecular formula is C15H20FNO2. The predicted molar refractivity (Wildman–Crippen MR) is 70.5 cm³/mol. The zero-order valence-corrected chi connectivity index (χ0v) is 11.2. The second-order valence-corrected chi connectivity index (χ2v) is 5.46. The Balaban J connectivity index is 1.62. The Labute approximate surface area is 113 Å². The average molecular weight is 265 g/mol. The number of ether oxygens (including phenoxy) is 2. The first-order valence-corrected chi connectivity index (χ1v) is 6.95. The van der Waals surface area contributed by atoms with Gasteiger partial charge in [0, 0.05) is 19.1 Å². The molecule has 2 saturated heterocycles. The molecule has 2 heterocycles. The summed E-state index contributed by atoms with van der Waals surface area (Å²) in [5, 5.41) is 0. The second-order valence-electron chi connectivity index (χ2n) is 5.46. The van der Waals surface area contributed by atoms with Crippen molar-refractivity contribution in [1.82, 2.24) is 4.90 Å². The molecule has 0 radical (unpaired) electrons. The first-order chi connectivity index (χ1) is 9.22. The van der Waals surface area contributed by atoms with E-state index in [9.17, 15) is 4.39 Å². The van der Waals surface area contributed by atoms with Crippen LogP contribution in [-0.4, -0.2) is 43.5 Å². The van der Waals surface area contributed by atoms with Crippen molar-refractivity contribution < 1.29 is 13.9 Å². The fraction of sp³-hybridized carbons (Fsp3) is 0.600. The summed E-state index contributed by atoms with van der Waals surface area (Å²) in [6.07, 6.45) is 1.03. The van der Waals surface area contributed by atoms with Crippen LogP contribution in [0.25, 0.3) is 0 Å². The van der Waals surface area contributed by atoms with Crippen LogP contribution in [0.2, 0.25) is 0 Å². The lowest BCUT2D eigenvalue weighted by molar-refractivity contribution is -0.0631. The van der Waals surface area contributed by atoms with E-state index in [4.69, 9.17) is 9.47 Å². The molecular weight excluding hydrogens is 245 g/mol. The minimum atomic E-state index is -0.167. The van der Waals surface area contributed by atoms with E-state index < -0.39 is 0 Å². The van der Waals surface area contributed by atoms with Crippen molar-refractivity contribution in [2.75, 3.05) is 26.3 Å². The van der Waals surface area contributed by atoms with E-state index in [1.54, 1.807) is 12.1 Å². The molecule has 104 valence electrons. The zero-order valence-electron chi connectivity index (χ0n) is 11.2. The monoisotopic (exact) mass is 265 g/mol. The Hall–Kier alpha value is -0.970. The lowest BCUT2D eigenvalue weighted by atomic mass is 9.97. The fourth-order valence-corrected chi connectivity index (χ4v) is 3.03. The van der Waals surface area contributed by atoms with Crippen LogP contribution in [0.5, 0.6) is 0 Å². The second kappa shape index (κ2) is 5.57. The highest BCUT2D eigenvalue weighted by molar-refractivity contribution is 5.22. The van der Waals surface area contributed by atoms with E-state index in [0.717, 1.165) is 19.5 Å². The Morgan fingerprint density at radius 2 is 1.89 bits per heavy atom. The largest absolute Gasteiger partial charge is 0.349 e. The zero-order chi connectivity index (χ0) is 13.2. The minimum absolute atomic E-state index is 0.0746. The summed E-state index contributed by atoms with van der Waals surface area (Å²) < 4.78 is 24.0. The molecule has 0 aromatic heterocycles. The van der Waals surface area contributed by atoms with Gasteiger partial charge in [0.1, 0.15) is 5.82 Å². The van der Waals surface area contributed by atoms with Crippen molar-refractivity contribution in [2.24, 2.45) is 0 Å². The molecule has 2 aliphatic heterocycles. The molecule has 1 aromatic carbocycles. The van der Waals surface area contributed by atoms with Crippen molar-refractivity contribution in [3.05, 3.63) is 35.6 Å². The fourth-order valence-electron chi connectivity index (χ4n) is 3.03. The highest BCUT2D eigenvalue weighted by Crippen LogP contribution is 2.32. The van der Waals surface area contributed by atoms with Gasteiger partial charge in [-0.05, 0) is 37.0 Å². The highest BCUT2D eigenvalue weighted by Gasteiger charge is 2.32. The van der Waals surface area contributed by atoms with Crippen LogP contribution in [0.4, 0.5) is 4.39 Å². The van der Waals surface area contributed by atoms with Gasteiger partial charge in [0.05, 0.1) is 13.2 Å². The molecule has 2 atom stereocenters. The van der Waals surface area contributed by atoms with Gasteiger partial charge >= 0.3 is 0 Å². The van der Waals surface area contributed by atoms with Crippen LogP contribution in [-0.2, 0) is 9.47 Å². The number of nitrogens with zero attached hydrogens (tertiary/aromatic N) is 1. The van der Waals surface area contributed by atoms with Gasteiger partial charge in [0.15, 0.2) is 6.29 Å². The summed E-state index contributed by atoms with van der Waals surface area (Å²) in [6.45, 7) is 5.47. The molecule has 0 spiro atoms. The van der Waals surface area contributed by atoms with Crippen molar-refractivity contribution in [2.45, 2.75) is 31.6 Å². The first-order valence-electron chi connectivity index (χ1n) is 6.95. The first kappa shape index (κ1) is 13.0.